The number of anilines is 1. The molecule has 0 radical (unpaired) electrons. The summed E-state index contributed by atoms with van der Waals surface area (Å²) in [5.41, 5.74) is 0.725. The third-order valence-corrected chi connectivity index (χ3v) is 4.23. The van der Waals surface area contributed by atoms with Crippen molar-refractivity contribution in [2.24, 2.45) is 0 Å². The predicted molar refractivity (Wildman–Crippen MR) is 109 cm³/mol. The number of nitro groups is 1. The molecule has 0 bridgehead atoms. The normalized spacial score (nSPS) is 11.4. The number of ether oxygens (including phenoxy) is 2. The molecule has 0 aliphatic carbocycles. The van der Waals surface area contributed by atoms with Crippen LogP contribution in [0.1, 0.15) is 12.6 Å². The summed E-state index contributed by atoms with van der Waals surface area (Å²) in [6.45, 7) is 1.36. The van der Waals surface area contributed by atoms with Crippen LogP contribution in [-0.2, 0) is 20.7 Å². The molecule has 1 aromatic heterocycles. The number of hydrogen-bond acceptors (Lipinski definition) is 8. The fourth-order valence-corrected chi connectivity index (χ4v) is 2.67. The fourth-order valence-electron chi connectivity index (χ4n) is 2.67. The largest absolute Gasteiger partial charge is 0.496 e. The first-order chi connectivity index (χ1) is 14.9. The first-order valence-electron chi connectivity index (χ1n) is 9.20. The summed E-state index contributed by atoms with van der Waals surface area (Å²) in [5, 5.41) is 13.6. The van der Waals surface area contributed by atoms with Gasteiger partial charge in [0.1, 0.15) is 17.7 Å². The number of esters is 1. The van der Waals surface area contributed by atoms with E-state index in [-0.39, 0.29) is 23.5 Å². The Morgan fingerprint density at radius 3 is 2.65 bits per heavy atom. The van der Waals surface area contributed by atoms with Gasteiger partial charge in [-0.3, -0.25) is 19.7 Å². The summed E-state index contributed by atoms with van der Waals surface area (Å²) in [6, 6.07) is 13.1. The number of carbonyl (C=O) groups is 2. The zero-order valence-corrected chi connectivity index (χ0v) is 16.7. The van der Waals surface area contributed by atoms with Gasteiger partial charge >= 0.3 is 5.97 Å². The summed E-state index contributed by atoms with van der Waals surface area (Å²) in [6.07, 6.45) is -0.0409. The maximum Gasteiger partial charge on any atom is 0.312 e. The molecule has 31 heavy (non-hydrogen) atoms. The molecule has 10 nitrogen and oxygen atoms in total. The topological polar surface area (TPSA) is 134 Å². The maximum atomic E-state index is 12.3. The third kappa shape index (κ3) is 5.44. The highest BCUT2D eigenvalue weighted by Gasteiger charge is 2.23. The van der Waals surface area contributed by atoms with E-state index in [0.29, 0.717) is 11.6 Å². The highest BCUT2D eigenvalue weighted by Crippen LogP contribution is 2.29. The molecule has 1 atom stereocenters. The van der Waals surface area contributed by atoms with Gasteiger partial charge in [0.2, 0.25) is 5.89 Å². The summed E-state index contributed by atoms with van der Waals surface area (Å²) in [5.74, 6) is -0.779. The van der Waals surface area contributed by atoms with Crippen molar-refractivity contribution in [2.45, 2.75) is 19.4 Å². The number of carbonyl (C=O) groups excluding carboxylic acids is 2. The third-order valence-electron chi connectivity index (χ3n) is 4.23. The zero-order valence-electron chi connectivity index (χ0n) is 16.7. The second-order valence-electron chi connectivity index (χ2n) is 6.45. The van der Waals surface area contributed by atoms with E-state index in [1.165, 1.54) is 38.5 Å². The Hall–Kier alpha value is -4.21. The molecule has 1 N–H and O–H groups in total. The molecule has 0 fully saturated rings. The van der Waals surface area contributed by atoms with Crippen LogP contribution in [0.5, 0.6) is 5.75 Å². The molecular weight excluding hydrogens is 406 g/mol. The van der Waals surface area contributed by atoms with Crippen LogP contribution in [0.3, 0.4) is 0 Å². The highest BCUT2D eigenvalue weighted by atomic mass is 16.6. The first-order valence-corrected chi connectivity index (χ1v) is 9.20. The number of aromatic nitrogens is 1. The Kier molecular flexibility index (Phi) is 6.61. The summed E-state index contributed by atoms with van der Waals surface area (Å²) >= 11 is 0. The fraction of sp³-hybridized carbons (Fsp3) is 0.190. The number of amides is 1. The molecule has 3 rings (SSSR count). The minimum absolute atomic E-state index is 0.0392. The van der Waals surface area contributed by atoms with Gasteiger partial charge in [0, 0.05) is 5.56 Å². The van der Waals surface area contributed by atoms with E-state index in [9.17, 15) is 19.7 Å². The molecule has 1 heterocycles. The lowest BCUT2D eigenvalue weighted by Gasteiger charge is -2.13. The minimum atomic E-state index is -1.19. The number of benzene rings is 2. The van der Waals surface area contributed by atoms with Crippen LogP contribution in [0.4, 0.5) is 11.4 Å². The van der Waals surface area contributed by atoms with Gasteiger partial charge in [-0.15, -0.1) is 0 Å². The minimum Gasteiger partial charge on any atom is -0.496 e. The number of nitrogens with zero attached hydrogens (tertiary/aromatic N) is 2. The summed E-state index contributed by atoms with van der Waals surface area (Å²) in [7, 11) is 1.37. The molecule has 10 heteroatoms. The van der Waals surface area contributed by atoms with Crippen LogP contribution in [0.2, 0.25) is 0 Å². The lowest BCUT2D eigenvalue weighted by Crippen LogP contribution is -2.30. The monoisotopic (exact) mass is 425 g/mol. The van der Waals surface area contributed by atoms with Crippen molar-refractivity contribution in [2.75, 3.05) is 12.4 Å². The first kappa shape index (κ1) is 21.5. The highest BCUT2D eigenvalue weighted by molar-refractivity contribution is 5.97. The van der Waals surface area contributed by atoms with Crippen molar-refractivity contribution >= 4 is 23.3 Å². The Morgan fingerprint density at radius 1 is 1.23 bits per heavy atom. The number of methoxy groups -OCH3 is 1. The van der Waals surface area contributed by atoms with Gasteiger partial charge in [0.15, 0.2) is 6.10 Å². The molecule has 2 aromatic carbocycles. The van der Waals surface area contributed by atoms with Crippen LogP contribution >= 0.6 is 0 Å². The van der Waals surface area contributed by atoms with Gasteiger partial charge in [-0.25, -0.2) is 4.98 Å². The second kappa shape index (κ2) is 9.53. The van der Waals surface area contributed by atoms with Gasteiger partial charge in [-0.1, -0.05) is 18.2 Å². The number of rotatable bonds is 8. The SMILES string of the molecule is COc1ccc(NC(=O)C(C)OC(=O)Cc2coc(-c3ccccc3)n2)c([N+](=O)[O-])c1. The second-order valence-corrected chi connectivity index (χ2v) is 6.45. The van der Waals surface area contributed by atoms with E-state index in [1.807, 2.05) is 30.3 Å². The zero-order chi connectivity index (χ0) is 22.4. The van der Waals surface area contributed by atoms with Crippen molar-refractivity contribution in [1.29, 1.82) is 0 Å². The number of nitro benzene ring substituents is 1. The van der Waals surface area contributed by atoms with Gasteiger partial charge in [-0.05, 0) is 31.2 Å². The molecule has 1 amide bonds. The summed E-state index contributed by atoms with van der Waals surface area (Å²) in [4.78, 5) is 39.3. The molecule has 0 saturated heterocycles. The van der Waals surface area contributed by atoms with Crippen LogP contribution < -0.4 is 10.1 Å². The number of oxazole rings is 1. The van der Waals surface area contributed by atoms with E-state index < -0.39 is 22.9 Å². The van der Waals surface area contributed by atoms with E-state index >= 15 is 0 Å². The quantitative estimate of drug-likeness (QED) is 0.330. The smallest absolute Gasteiger partial charge is 0.312 e. The van der Waals surface area contributed by atoms with Crippen LogP contribution in [0, 0.1) is 10.1 Å². The molecule has 0 saturated carbocycles. The predicted octanol–water partition coefficient (Wildman–Crippen LogP) is 3.37. The van der Waals surface area contributed by atoms with Gasteiger partial charge in [-0.2, -0.15) is 0 Å². The van der Waals surface area contributed by atoms with Crippen LogP contribution in [0.15, 0.2) is 59.2 Å². The van der Waals surface area contributed by atoms with Crippen molar-refractivity contribution < 1.29 is 28.4 Å². The summed E-state index contributed by atoms with van der Waals surface area (Å²) < 4.78 is 15.4. The Morgan fingerprint density at radius 2 is 1.97 bits per heavy atom. The van der Waals surface area contributed by atoms with Gasteiger partial charge in [0.05, 0.1) is 30.2 Å². The Balaban J connectivity index is 1.59. The van der Waals surface area contributed by atoms with Crippen molar-refractivity contribution in [3.8, 4) is 17.2 Å². The molecule has 3 aromatic rings. The van der Waals surface area contributed by atoms with Gasteiger partial charge < -0.3 is 19.2 Å². The molecule has 0 spiro atoms. The van der Waals surface area contributed by atoms with Crippen molar-refractivity contribution in [3.63, 3.8) is 0 Å². The average Bonchev–Trinajstić information content (AvgIpc) is 3.22. The Labute approximate surface area is 177 Å². The van der Waals surface area contributed by atoms with Crippen molar-refractivity contribution in [1.82, 2.24) is 4.98 Å². The van der Waals surface area contributed by atoms with Crippen molar-refractivity contribution in [3.05, 3.63) is 70.6 Å². The molecule has 1 unspecified atom stereocenters. The molecular formula is C21H19N3O7. The molecule has 160 valence electrons. The Bertz CT molecular complexity index is 1100. The van der Waals surface area contributed by atoms with E-state index in [1.54, 1.807) is 0 Å². The van der Waals surface area contributed by atoms with Gasteiger partial charge in [0.25, 0.3) is 11.6 Å². The molecule has 0 aliphatic heterocycles. The molecule has 0 aliphatic rings. The van der Waals surface area contributed by atoms with Crippen LogP contribution in [-0.4, -0.2) is 35.0 Å². The average molecular weight is 425 g/mol. The number of nitrogens with one attached hydrogen (secondary N) is 1. The van der Waals surface area contributed by atoms with E-state index in [0.717, 1.165) is 5.56 Å². The van der Waals surface area contributed by atoms with E-state index in [2.05, 4.69) is 10.3 Å². The van der Waals surface area contributed by atoms with Crippen LogP contribution in [0.25, 0.3) is 11.5 Å². The standard InChI is InChI=1S/C21H19N3O7/c1-13(20(26)23-17-9-8-16(29-2)11-18(17)24(27)28)31-19(25)10-15-12-30-21(22-15)14-6-4-3-5-7-14/h3-9,11-13H,10H2,1-2H3,(H,23,26). The van der Waals surface area contributed by atoms with E-state index in [4.69, 9.17) is 13.9 Å². The maximum absolute atomic E-state index is 12.3. The lowest BCUT2D eigenvalue weighted by atomic mass is 10.2. The number of hydrogen-bond donors (Lipinski definition) is 1. The lowest BCUT2D eigenvalue weighted by molar-refractivity contribution is -0.384.